The highest BCUT2D eigenvalue weighted by atomic mass is 19.4. The third-order valence-corrected chi connectivity index (χ3v) is 1.94. The van der Waals surface area contributed by atoms with Crippen molar-refractivity contribution >= 4 is 0 Å². The van der Waals surface area contributed by atoms with Crippen molar-refractivity contribution in [3.63, 3.8) is 0 Å². The Labute approximate surface area is 93.6 Å². The molecule has 0 aromatic rings. The molecule has 0 bridgehead atoms. The molecule has 0 heterocycles. The Bertz CT molecular complexity index is 260. The molecule has 0 aliphatic heterocycles. The highest BCUT2D eigenvalue weighted by molar-refractivity contribution is 5.04. The minimum atomic E-state index is -4.39. The van der Waals surface area contributed by atoms with Crippen molar-refractivity contribution in [2.45, 2.75) is 51.6 Å². The molecule has 0 aliphatic rings. The van der Waals surface area contributed by atoms with Gasteiger partial charge in [-0.25, -0.2) is 0 Å². The molecule has 0 saturated carbocycles. The fourth-order valence-electron chi connectivity index (χ4n) is 1.13. The van der Waals surface area contributed by atoms with E-state index in [1.54, 1.807) is 0 Å². The lowest BCUT2D eigenvalue weighted by atomic mass is 10.1. The topological polar surface area (TPSA) is 45.0 Å². The van der Waals surface area contributed by atoms with E-state index in [9.17, 15) is 13.2 Å². The van der Waals surface area contributed by atoms with Gasteiger partial charge in [0.15, 0.2) is 6.10 Å². The molecule has 0 aromatic heterocycles. The first-order chi connectivity index (χ1) is 7.10. The summed E-state index contributed by atoms with van der Waals surface area (Å²) in [6, 6.07) is 1.91. The van der Waals surface area contributed by atoms with E-state index in [4.69, 9.17) is 5.26 Å². The van der Waals surface area contributed by atoms with E-state index >= 15 is 0 Å². The van der Waals surface area contributed by atoms with Crippen LogP contribution < -0.4 is 5.32 Å². The molecular weight excluding hydrogens is 221 g/mol. The number of hydrogen-bond acceptors (Lipinski definition) is 3. The number of hydrogen-bond donors (Lipinski definition) is 1. The number of rotatable bonds is 5. The molecule has 0 amide bonds. The lowest BCUT2D eigenvalue weighted by Crippen LogP contribution is -2.50. The van der Waals surface area contributed by atoms with Crippen molar-refractivity contribution in [2.75, 3.05) is 6.61 Å². The quantitative estimate of drug-likeness (QED) is 0.798. The second-order valence-electron chi connectivity index (χ2n) is 4.24. The fraction of sp³-hybridized carbons (Fsp3) is 0.900. The standard InChI is InChI=1S/C10H17F3N2O/c1-7(2)15-9(4,5-14)6-16-8(3)10(11,12)13/h7-8,15H,6H2,1-4H3. The zero-order valence-electron chi connectivity index (χ0n) is 9.85. The van der Waals surface area contributed by atoms with Crippen molar-refractivity contribution in [1.29, 1.82) is 5.26 Å². The summed E-state index contributed by atoms with van der Waals surface area (Å²) in [6.07, 6.45) is -6.26. The molecule has 0 fully saturated rings. The van der Waals surface area contributed by atoms with Crippen molar-refractivity contribution < 1.29 is 17.9 Å². The van der Waals surface area contributed by atoms with Gasteiger partial charge in [-0.2, -0.15) is 18.4 Å². The molecule has 3 nitrogen and oxygen atoms in total. The van der Waals surface area contributed by atoms with Crippen molar-refractivity contribution in [3.8, 4) is 6.07 Å². The molecule has 0 rings (SSSR count). The molecule has 94 valence electrons. The fourth-order valence-corrected chi connectivity index (χ4v) is 1.13. The van der Waals surface area contributed by atoms with Crippen LogP contribution in [0.2, 0.25) is 0 Å². The summed E-state index contributed by atoms with van der Waals surface area (Å²) in [6.45, 7) is 5.75. The Morgan fingerprint density at radius 1 is 1.31 bits per heavy atom. The van der Waals surface area contributed by atoms with Gasteiger partial charge in [0.2, 0.25) is 0 Å². The van der Waals surface area contributed by atoms with Gasteiger partial charge < -0.3 is 4.74 Å². The third kappa shape index (κ3) is 5.33. The average Bonchev–Trinajstić information content (AvgIpc) is 2.11. The van der Waals surface area contributed by atoms with Gasteiger partial charge in [0.25, 0.3) is 0 Å². The molecule has 0 aliphatic carbocycles. The molecule has 0 saturated heterocycles. The van der Waals surface area contributed by atoms with Gasteiger partial charge >= 0.3 is 6.18 Å². The first-order valence-electron chi connectivity index (χ1n) is 4.98. The number of nitrogens with zero attached hydrogens (tertiary/aromatic N) is 1. The van der Waals surface area contributed by atoms with Crippen LogP contribution >= 0.6 is 0 Å². The van der Waals surface area contributed by atoms with Crippen LogP contribution in [-0.4, -0.2) is 30.5 Å². The molecule has 1 N–H and O–H groups in total. The highest BCUT2D eigenvalue weighted by Gasteiger charge is 2.38. The maximum atomic E-state index is 12.2. The van der Waals surface area contributed by atoms with Gasteiger partial charge in [0.05, 0.1) is 12.7 Å². The molecule has 0 aromatic carbocycles. The molecule has 2 unspecified atom stereocenters. The monoisotopic (exact) mass is 238 g/mol. The first kappa shape index (κ1) is 15.2. The summed E-state index contributed by atoms with van der Waals surface area (Å²) in [7, 11) is 0. The minimum absolute atomic E-state index is 0.00515. The molecule has 0 radical (unpaired) electrons. The molecular formula is C10H17F3N2O. The third-order valence-electron chi connectivity index (χ3n) is 1.94. The van der Waals surface area contributed by atoms with E-state index in [-0.39, 0.29) is 12.6 Å². The predicted octanol–water partition coefficient (Wildman–Crippen LogP) is 2.23. The van der Waals surface area contributed by atoms with Crippen molar-refractivity contribution in [3.05, 3.63) is 0 Å². The van der Waals surface area contributed by atoms with Crippen LogP contribution in [0.3, 0.4) is 0 Å². The summed E-state index contributed by atoms with van der Waals surface area (Å²) < 4.78 is 41.1. The average molecular weight is 238 g/mol. The van der Waals surface area contributed by atoms with Gasteiger partial charge in [0.1, 0.15) is 5.54 Å². The highest BCUT2D eigenvalue weighted by Crippen LogP contribution is 2.23. The van der Waals surface area contributed by atoms with Crippen molar-refractivity contribution in [1.82, 2.24) is 5.32 Å². The molecule has 2 atom stereocenters. The summed E-state index contributed by atoms with van der Waals surface area (Å²) >= 11 is 0. The van der Waals surface area contributed by atoms with Crippen LogP contribution in [0.4, 0.5) is 13.2 Å². The molecule has 0 spiro atoms. The van der Waals surface area contributed by atoms with Crippen LogP contribution in [0.1, 0.15) is 27.7 Å². The van der Waals surface area contributed by atoms with Crippen LogP contribution in [0.15, 0.2) is 0 Å². The van der Waals surface area contributed by atoms with E-state index in [2.05, 4.69) is 10.1 Å². The van der Waals surface area contributed by atoms with Crippen LogP contribution in [0.25, 0.3) is 0 Å². The maximum Gasteiger partial charge on any atom is 0.414 e. The summed E-state index contributed by atoms with van der Waals surface area (Å²) in [4.78, 5) is 0. The van der Waals surface area contributed by atoms with Crippen LogP contribution in [0, 0.1) is 11.3 Å². The van der Waals surface area contributed by atoms with Gasteiger partial charge in [0, 0.05) is 6.04 Å². The van der Waals surface area contributed by atoms with Gasteiger partial charge in [-0.1, -0.05) is 0 Å². The second kappa shape index (κ2) is 5.51. The lowest BCUT2D eigenvalue weighted by molar-refractivity contribution is -0.217. The SMILES string of the molecule is CC(C)NC(C)(C#N)COC(C)C(F)(F)F. The lowest BCUT2D eigenvalue weighted by Gasteiger charge is -2.27. The van der Waals surface area contributed by atoms with E-state index in [0.29, 0.717) is 0 Å². The van der Waals surface area contributed by atoms with E-state index in [1.807, 2.05) is 19.9 Å². The van der Waals surface area contributed by atoms with E-state index < -0.39 is 17.8 Å². The number of nitrogens with one attached hydrogen (secondary N) is 1. The van der Waals surface area contributed by atoms with Gasteiger partial charge in [-0.15, -0.1) is 0 Å². The summed E-state index contributed by atoms with van der Waals surface area (Å²) in [5.41, 5.74) is -1.10. The minimum Gasteiger partial charge on any atom is -0.366 e. The number of halogens is 3. The van der Waals surface area contributed by atoms with Gasteiger partial charge in [-0.3, -0.25) is 5.32 Å². The van der Waals surface area contributed by atoms with E-state index in [1.165, 1.54) is 6.92 Å². The second-order valence-corrected chi connectivity index (χ2v) is 4.24. The maximum absolute atomic E-state index is 12.2. The number of ether oxygens (including phenoxy) is 1. The molecule has 6 heteroatoms. The van der Waals surface area contributed by atoms with Crippen molar-refractivity contribution in [2.24, 2.45) is 0 Å². The number of alkyl halides is 3. The van der Waals surface area contributed by atoms with E-state index in [0.717, 1.165) is 6.92 Å². The zero-order chi connectivity index (χ0) is 13.0. The summed E-state index contributed by atoms with van der Waals surface area (Å²) in [5.74, 6) is 0. The Hall–Kier alpha value is -0.800. The Balaban J connectivity index is 4.31. The first-order valence-corrected chi connectivity index (χ1v) is 4.98. The Kier molecular flexibility index (Phi) is 5.23. The normalized spacial score (nSPS) is 17.9. The van der Waals surface area contributed by atoms with Crippen LogP contribution in [0.5, 0.6) is 0 Å². The van der Waals surface area contributed by atoms with Gasteiger partial charge in [-0.05, 0) is 27.7 Å². The summed E-state index contributed by atoms with van der Waals surface area (Å²) in [5, 5.41) is 11.7. The largest absolute Gasteiger partial charge is 0.414 e. The predicted molar refractivity (Wildman–Crippen MR) is 53.8 cm³/mol. The Morgan fingerprint density at radius 3 is 2.12 bits per heavy atom. The number of nitriles is 1. The smallest absolute Gasteiger partial charge is 0.366 e. The molecule has 16 heavy (non-hydrogen) atoms. The Morgan fingerprint density at radius 2 is 1.81 bits per heavy atom. The van der Waals surface area contributed by atoms with Crippen LogP contribution in [-0.2, 0) is 4.74 Å². The zero-order valence-corrected chi connectivity index (χ0v) is 9.85.